The van der Waals surface area contributed by atoms with E-state index in [1.165, 1.54) is 4.57 Å². The fraction of sp³-hybridized carbons (Fsp3) is 0.400. The minimum Gasteiger partial charge on any atom is -0.295 e. The summed E-state index contributed by atoms with van der Waals surface area (Å²) in [6.45, 7) is 3.85. The van der Waals surface area contributed by atoms with Crippen molar-refractivity contribution in [3.63, 3.8) is 0 Å². The van der Waals surface area contributed by atoms with Crippen LogP contribution in [-0.4, -0.2) is 20.9 Å². The van der Waals surface area contributed by atoms with Gasteiger partial charge < -0.3 is 0 Å². The summed E-state index contributed by atoms with van der Waals surface area (Å²) in [6.07, 6.45) is 0.589. The third-order valence-electron chi connectivity index (χ3n) is 3.91. The van der Waals surface area contributed by atoms with E-state index in [4.69, 9.17) is 0 Å². The van der Waals surface area contributed by atoms with E-state index in [1.807, 2.05) is 32.0 Å². The molecule has 1 aromatic carbocycles. The topological polar surface area (TPSA) is 73.1 Å². The average molecular weight is 366 g/mol. The maximum atomic E-state index is 12.8. The Morgan fingerprint density at radius 1 is 1.23 bits per heavy atom. The van der Waals surface area contributed by atoms with Crippen molar-refractivity contribution < 1.29 is 9.59 Å². The van der Waals surface area contributed by atoms with Crippen LogP contribution in [-0.2, 0) is 9.59 Å². The second-order valence-electron chi connectivity index (χ2n) is 5.72. The van der Waals surface area contributed by atoms with Crippen molar-refractivity contribution >= 4 is 38.8 Å². The van der Waals surface area contributed by atoms with Gasteiger partial charge in [-0.05, 0) is 38.5 Å². The monoisotopic (exact) mass is 365 g/mol. The smallest absolute Gasteiger partial charge is 0.295 e. The van der Waals surface area contributed by atoms with E-state index < -0.39 is 11.9 Å². The minimum absolute atomic E-state index is 0.0289. The Bertz CT molecular complexity index is 834. The number of imidazole rings is 1. The van der Waals surface area contributed by atoms with E-state index in [0.717, 1.165) is 9.99 Å². The number of amides is 2. The van der Waals surface area contributed by atoms with Gasteiger partial charge in [-0.3, -0.25) is 24.0 Å². The number of carbonyl (C=O) groups excluding carboxylic acids is 2. The molecule has 0 bridgehead atoms. The van der Waals surface area contributed by atoms with Gasteiger partial charge in [0, 0.05) is 16.9 Å². The number of hydrogen-bond acceptors (Lipinski definition) is 3. The largest absolute Gasteiger partial charge is 0.330 e. The lowest BCUT2D eigenvalue weighted by Gasteiger charge is -2.22. The van der Waals surface area contributed by atoms with Gasteiger partial charge in [0.25, 0.3) is 0 Å². The Hall–Kier alpha value is -1.89. The average Bonchev–Trinajstić information content (AvgIpc) is 2.70. The summed E-state index contributed by atoms with van der Waals surface area (Å²) in [7, 11) is 0. The van der Waals surface area contributed by atoms with Crippen LogP contribution < -0.4 is 11.0 Å². The summed E-state index contributed by atoms with van der Waals surface area (Å²) in [5.74, 6) is -0.700. The number of imide groups is 1. The highest BCUT2D eigenvalue weighted by Gasteiger charge is 2.31. The SMILES string of the molecule is CC(C)n1c(=O)n(C2CCC(=O)NC2=O)c2ccc(Br)cc21. The molecular formula is C15H16BrN3O3. The zero-order valence-corrected chi connectivity index (χ0v) is 13.9. The molecule has 0 aliphatic carbocycles. The van der Waals surface area contributed by atoms with Crippen LogP contribution in [0.3, 0.4) is 0 Å². The molecule has 1 N–H and O–H groups in total. The summed E-state index contributed by atoms with van der Waals surface area (Å²) in [6, 6.07) is 4.87. The molecule has 0 spiro atoms. The molecule has 2 amide bonds. The van der Waals surface area contributed by atoms with Crippen molar-refractivity contribution in [3.8, 4) is 0 Å². The van der Waals surface area contributed by atoms with Gasteiger partial charge in [-0.2, -0.15) is 0 Å². The summed E-state index contributed by atoms with van der Waals surface area (Å²) in [5.41, 5.74) is 1.26. The number of aromatic nitrogens is 2. The van der Waals surface area contributed by atoms with E-state index in [1.54, 1.807) is 4.57 Å². The van der Waals surface area contributed by atoms with Gasteiger partial charge in [0.2, 0.25) is 11.8 Å². The molecule has 1 aromatic heterocycles. The molecule has 1 fully saturated rings. The third kappa shape index (κ3) is 2.29. The van der Waals surface area contributed by atoms with Gasteiger partial charge in [0.15, 0.2) is 0 Å². The van der Waals surface area contributed by atoms with Crippen LogP contribution >= 0.6 is 15.9 Å². The van der Waals surface area contributed by atoms with E-state index in [-0.39, 0.29) is 24.1 Å². The molecule has 2 heterocycles. The first-order valence-corrected chi connectivity index (χ1v) is 7.95. The number of halogens is 1. The lowest BCUT2D eigenvalue weighted by atomic mass is 10.1. The predicted molar refractivity (Wildman–Crippen MR) is 85.7 cm³/mol. The first-order chi connectivity index (χ1) is 10.4. The molecule has 22 heavy (non-hydrogen) atoms. The summed E-state index contributed by atoms with van der Waals surface area (Å²) < 4.78 is 4.04. The number of nitrogens with zero attached hydrogens (tertiary/aromatic N) is 2. The summed E-state index contributed by atoms with van der Waals surface area (Å²) in [5, 5.41) is 2.31. The molecule has 1 saturated heterocycles. The number of rotatable bonds is 2. The van der Waals surface area contributed by atoms with Crippen LogP contribution in [0.25, 0.3) is 11.0 Å². The lowest BCUT2D eigenvalue weighted by Crippen LogP contribution is -2.44. The quantitative estimate of drug-likeness (QED) is 0.828. The van der Waals surface area contributed by atoms with Crippen molar-refractivity contribution in [2.24, 2.45) is 0 Å². The lowest BCUT2D eigenvalue weighted by molar-refractivity contribution is -0.135. The molecule has 2 aromatic rings. The zero-order valence-electron chi connectivity index (χ0n) is 12.3. The maximum absolute atomic E-state index is 12.8. The number of hydrogen-bond donors (Lipinski definition) is 1. The fourth-order valence-electron chi connectivity index (χ4n) is 2.94. The van der Waals surface area contributed by atoms with E-state index >= 15 is 0 Å². The molecule has 0 saturated carbocycles. The molecule has 1 atom stereocenters. The minimum atomic E-state index is -0.645. The number of nitrogens with one attached hydrogen (secondary N) is 1. The second kappa shape index (κ2) is 5.39. The summed E-state index contributed by atoms with van der Waals surface area (Å²) in [4.78, 5) is 36.3. The Morgan fingerprint density at radius 3 is 2.59 bits per heavy atom. The van der Waals surface area contributed by atoms with E-state index in [2.05, 4.69) is 21.2 Å². The molecule has 0 radical (unpaired) electrons. The molecular weight excluding hydrogens is 350 g/mol. The summed E-state index contributed by atoms with van der Waals surface area (Å²) >= 11 is 3.42. The van der Waals surface area contributed by atoms with Crippen molar-refractivity contribution in [2.75, 3.05) is 0 Å². The highest BCUT2D eigenvalue weighted by Crippen LogP contribution is 2.26. The zero-order chi connectivity index (χ0) is 16.0. The van der Waals surface area contributed by atoms with Gasteiger partial charge >= 0.3 is 5.69 Å². The molecule has 7 heteroatoms. The van der Waals surface area contributed by atoms with Gasteiger partial charge in [-0.25, -0.2) is 4.79 Å². The van der Waals surface area contributed by atoms with Crippen LogP contribution in [0.4, 0.5) is 0 Å². The first-order valence-electron chi connectivity index (χ1n) is 7.16. The number of piperidine rings is 1. The first kappa shape index (κ1) is 15.0. The van der Waals surface area contributed by atoms with Crippen molar-refractivity contribution in [1.29, 1.82) is 0 Å². The van der Waals surface area contributed by atoms with Crippen molar-refractivity contribution in [3.05, 3.63) is 33.2 Å². The standard InChI is InChI=1S/C15H16BrN3O3/c1-8(2)18-12-7-9(16)3-4-10(12)19(15(18)22)11-5-6-13(20)17-14(11)21/h3-4,7-8,11H,5-6H2,1-2H3,(H,17,20,21). The molecule has 1 aliphatic rings. The number of benzene rings is 1. The Morgan fingerprint density at radius 2 is 1.95 bits per heavy atom. The number of fused-ring (bicyclic) bond motifs is 1. The van der Waals surface area contributed by atoms with Crippen LogP contribution in [0.1, 0.15) is 38.8 Å². The van der Waals surface area contributed by atoms with Gasteiger partial charge in [0.1, 0.15) is 6.04 Å². The van der Waals surface area contributed by atoms with Gasteiger partial charge in [-0.1, -0.05) is 15.9 Å². The molecule has 6 nitrogen and oxygen atoms in total. The highest BCUT2D eigenvalue weighted by atomic mass is 79.9. The van der Waals surface area contributed by atoms with E-state index in [0.29, 0.717) is 11.9 Å². The fourth-order valence-corrected chi connectivity index (χ4v) is 3.29. The second-order valence-corrected chi connectivity index (χ2v) is 6.63. The normalized spacial score (nSPS) is 19.0. The Labute approximate surface area is 135 Å². The molecule has 116 valence electrons. The Kier molecular flexibility index (Phi) is 3.68. The number of carbonyl (C=O) groups is 2. The molecule has 3 rings (SSSR count). The highest BCUT2D eigenvalue weighted by molar-refractivity contribution is 9.10. The molecule has 1 unspecified atom stereocenters. The van der Waals surface area contributed by atoms with Crippen molar-refractivity contribution in [1.82, 2.24) is 14.5 Å². The van der Waals surface area contributed by atoms with Crippen molar-refractivity contribution in [2.45, 2.75) is 38.8 Å². The maximum Gasteiger partial charge on any atom is 0.330 e. The predicted octanol–water partition coefficient (Wildman–Crippen LogP) is 2.12. The van der Waals surface area contributed by atoms with Crippen LogP contribution in [0, 0.1) is 0 Å². The van der Waals surface area contributed by atoms with Crippen LogP contribution in [0.15, 0.2) is 27.5 Å². The van der Waals surface area contributed by atoms with E-state index in [9.17, 15) is 14.4 Å². The van der Waals surface area contributed by atoms with Crippen LogP contribution in [0.2, 0.25) is 0 Å². The van der Waals surface area contributed by atoms with Crippen LogP contribution in [0.5, 0.6) is 0 Å². The third-order valence-corrected chi connectivity index (χ3v) is 4.40. The van der Waals surface area contributed by atoms with Gasteiger partial charge in [0.05, 0.1) is 11.0 Å². The Balaban J connectivity index is 2.26. The molecule has 1 aliphatic heterocycles. The van der Waals surface area contributed by atoms with Gasteiger partial charge in [-0.15, -0.1) is 0 Å².